The van der Waals surface area contributed by atoms with Gasteiger partial charge in [0.2, 0.25) is 18.6 Å². The van der Waals surface area contributed by atoms with Gasteiger partial charge in [-0.05, 0) is 54.5 Å². The van der Waals surface area contributed by atoms with Crippen LogP contribution in [0.3, 0.4) is 0 Å². The topological polar surface area (TPSA) is 120 Å². The number of nitrogens with one attached hydrogen (secondary N) is 1. The highest BCUT2D eigenvalue weighted by atomic mass is 16.7. The highest BCUT2D eigenvalue weighted by Crippen LogP contribution is 2.35. The van der Waals surface area contributed by atoms with Crippen LogP contribution in [0.1, 0.15) is 70.7 Å². The molecule has 1 aliphatic heterocycles. The molecule has 0 saturated heterocycles. The van der Waals surface area contributed by atoms with Crippen LogP contribution in [0, 0.1) is 11.8 Å². The zero-order valence-corrected chi connectivity index (χ0v) is 23.8. The van der Waals surface area contributed by atoms with Gasteiger partial charge in [0.05, 0.1) is 0 Å². The van der Waals surface area contributed by atoms with Crippen molar-refractivity contribution in [3.63, 3.8) is 0 Å². The lowest BCUT2D eigenvalue weighted by molar-refractivity contribution is -0.136. The van der Waals surface area contributed by atoms with Crippen molar-refractivity contribution in [1.29, 1.82) is 0 Å². The Hall–Kier alpha value is -3.10. The van der Waals surface area contributed by atoms with Gasteiger partial charge in [-0.15, -0.1) is 0 Å². The van der Waals surface area contributed by atoms with Gasteiger partial charge in [0, 0.05) is 37.5 Å². The summed E-state index contributed by atoms with van der Waals surface area (Å²) in [6.45, 7) is 12.6. The Balaban J connectivity index is 1.75. The summed E-state index contributed by atoms with van der Waals surface area (Å²) < 4.78 is 10.8. The fourth-order valence-corrected chi connectivity index (χ4v) is 4.91. The molecule has 2 aromatic rings. The Morgan fingerprint density at radius 3 is 2.16 bits per heavy atom. The molecule has 0 aromatic heterocycles. The number of ether oxygens (including phenoxy) is 2. The molecule has 0 saturated carbocycles. The van der Waals surface area contributed by atoms with E-state index in [1.807, 2.05) is 44.2 Å². The summed E-state index contributed by atoms with van der Waals surface area (Å²) in [5.41, 5.74) is 15.5. The van der Waals surface area contributed by atoms with E-state index in [4.69, 9.17) is 20.9 Å². The van der Waals surface area contributed by atoms with Crippen LogP contribution in [-0.2, 0) is 21.5 Å². The van der Waals surface area contributed by atoms with Crippen molar-refractivity contribution in [3.8, 4) is 11.5 Å². The van der Waals surface area contributed by atoms with Crippen molar-refractivity contribution < 1.29 is 19.1 Å². The summed E-state index contributed by atoms with van der Waals surface area (Å²) >= 11 is 0. The first-order valence-corrected chi connectivity index (χ1v) is 13.4. The lowest BCUT2D eigenvalue weighted by Gasteiger charge is -2.38. The number of nitrogens with two attached hydrogens (primary N) is 2. The minimum atomic E-state index is -0.720. The van der Waals surface area contributed by atoms with Crippen molar-refractivity contribution in [3.05, 3.63) is 59.2 Å². The quantitative estimate of drug-likeness (QED) is 0.411. The van der Waals surface area contributed by atoms with Gasteiger partial charge < -0.3 is 31.2 Å². The number of carbonyl (C=O) groups is 2. The summed E-state index contributed by atoms with van der Waals surface area (Å²) in [6, 6.07) is 12.2. The predicted octanol–water partition coefficient (Wildman–Crippen LogP) is 3.87. The van der Waals surface area contributed by atoms with Crippen LogP contribution in [0.25, 0.3) is 0 Å². The molecule has 2 amide bonds. The van der Waals surface area contributed by atoms with Crippen LogP contribution >= 0.6 is 0 Å². The molecule has 8 heteroatoms. The van der Waals surface area contributed by atoms with Gasteiger partial charge in [-0.1, -0.05) is 58.0 Å². The van der Waals surface area contributed by atoms with Gasteiger partial charge in [-0.3, -0.25) is 9.59 Å². The summed E-state index contributed by atoms with van der Waals surface area (Å²) in [6.07, 6.45) is 0.397. The summed E-state index contributed by atoms with van der Waals surface area (Å²) in [5.74, 6) is 1.36. The standard InChI is InChI=1S/C30H44N4O4/c1-18(2)30(32,19(3)4)23-11-8-21(9-12-23)14-25(29(36)34(7)20(5)6)33-28(35)16-24(31)22-10-13-26-27(15-22)38-17-37-26/h8-13,15,18-20,24-25H,14,16-17,31-32H2,1-7H3,(H,33,35)/t24-,25-/m1/s1. The molecule has 0 unspecified atom stereocenters. The molecule has 1 heterocycles. The monoisotopic (exact) mass is 524 g/mol. The lowest BCUT2D eigenvalue weighted by atomic mass is 9.72. The molecule has 0 radical (unpaired) electrons. The van der Waals surface area contributed by atoms with Crippen molar-refractivity contribution in [2.75, 3.05) is 13.8 Å². The van der Waals surface area contributed by atoms with Gasteiger partial charge in [-0.2, -0.15) is 0 Å². The van der Waals surface area contributed by atoms with E-state index >= 15 is 0 Å². The number of amides is 2. The molecule has 8 nitrogen and oxygen atoms in total. The molecule has 0 aliphatic carbocycles. The number of likely N-dealkylation sites (N-methyl/N-ethyl adjacent to an activating group) is 1. The second-order valence-electron chi connectivity index (χ2n) is 11.2. The molecule has 5 N–H and O–H groups in total. The van der Waals surface area contributed by atoms with Crippen molar-refractivity contribution in [2.45, 2.75) is 78.0 Å². The van der Waals surface area contributed by atoms with Crippen LogP contribution in [0.2, 0.25) is 0 Å². The summed E-state index contributed by atoms with van der Waals surface area (Å²) in [5, 5.41) is 2.94. The van der Waals surface area contributed by atoms with Crippen LogP contribution in [-0.4, -0.2) is 42.6 Å². The predicted molar refractivity (Wildman–Crippen MR) is 150 cm³/mol. The molecule has 0 bridgehead atoms. The SMILES string of the molecule is CC(C)N(C)C(=O)[C@@H](Cc1ccc(C(N)(C(C)C)C(C)C)cc1)NC(=O)C[C@@H](N)c1ccc2c(c1)OCO2. The largest absolute Gasteiger partial charge is 0.454 e. The molecule has 2 atom stereocenters. The third-order valence-electron chi connectivity index (χ3n) is 7.79. The molecule has 1 aliphatic rings. The highest BCUT2D eigenvalue weighted by Gasteiger charge is 2.34. The maximum absolute atomic E-state index is 13.3. The maximum atomic E-state index is 13.3. The maximum Gasteiger partial charge on any atom is 0.245 e. The number of rotatable bonds is 11. The van der Waals surface area contributed by atoms with Gasteiger partial charge in [0.25, 0.3) is 0 Å². The third-order valence-corrected chi connectivity index (χ3v) is 7.79. The van der Waals surface area contributed by atoms with Crippen LogP contribution in [0.4, 0.5) is 0 Å². The second-order valence-corrected chi connectivity index (χ2v) is 11.2. The number of hydrogen-bond donors (Lipinski definition) is 3. The zero-order chi connectivity index (χ0) is 28.2. The number of carbonyl (C=O) groups excluding carboxylic acids is 2. The first kappa shape index (κ1) is 29.5. The molecule has 208 valence electrons. The van der Waals surface area contributed by atoms with E-state index in [1.165, 1.54) is 0 Å². The number of benzene rings is 2. The zero-order valence-electron chi connectivity index (χ0n) is 23.8. The van der Waals surface area contributed by atoms with E-state index in [1.54, 1.807) is 24.1 Å². The van der Waals surface area contributed by atoms with E-state index in [-0.39, 0.29) is 42.9 Å². The molecular formula is C30H44N4O4. The molecule has 2 aromatic carbocycles. The number of nitrogens with zero attached hydrogens (tertiary/aromatic N) is 1. The molecule has 38 heavy (non-hydrogen) atoms. The Labute approximate surface area is 227 Å². The third kappa shape index (κ3) is 6.48. The molecule has 0 spiro atoms. The van der Waals surface area contributed by atoms with Gasteiger partial charge >= 0.3 is 0 Å². The lowest BCUT2D eigenvalue weighted by Crippen LogP contribution is -2.50. The fourth-order valence-electron chi connectivity index (χ4n) is 4.91. The Bertz CT molecular complexity index is 1110. The molecular weight excluding hydrogens is 480 g/mol. The van der Waals surface area contributed by atoms with E-state index in [2.05, 4.69) is 33.0 Å². The summed E-state index contributed by atoms with van der Waals surface area (Å²) in [4.78, 5) is 28.1. The first-order valence-electron chi connectivity index (χ1n) is 13.4. The number of fused-ring (bicyclic) bond motifs is 1. The van der Waals surface area contributed by atoms with E-state index in [0.29, 0.717) is 17.9 Å². The minimum Gasteiger partial charge on any atom is -0.454 e. The van der Waals surface area contributed by atoms with Gasteiger partial charge in [-0.25, -0.2) is 0 Å². The fraction of sp³-hybridized carbons (Fsp3) is 0.533. The van der Waals surface area contributed by atoms with Crippen molar-refractivity contribution in [2.24, 2.45) is 23.3 Å². The van der Waals surface area contributed by atoms with Crippen molar-refractivity contribution >= 4 is 11.8 Å². The van der Waals surface area contributed by atoms with E-state index in [0.717, 1.165) is 16.7 Å². The molecule has 0 fully saturated rings. The summed E-state index contributed by atoms with van der Waals surface area (Å²) in [7, 11) is 1.75. The molecule has 3 rings (SSSR count). The van der Waals surface area contributed by atoms with Crippen molar-refractivity contribution in [1.82, 2.24) is 10.2 Å². The highest BCUT2D eigenvalue weighted by molar-refractivity contribution is 5.88. The second kappa shape index (κ2) is 12.2. The van der Waals surface area contributed by atoms with Crippen LogP contribution in [0.15, 0.2) is 42.5 Å². The average Bonchev–Trinajstić information content (AvgIpc) is 3.35. The average molecular weight is 525 g/mol. The van der Waals surface area contributed by atoms with Crippen LogP contribution < -0.4 is 26.3 Å². The Morgan fingerprint density at radius 1 is 0.974 bits per heavy atom. The Morgan fingerprint density at radius 2 is 1.58 bits per heavy atom. The first-order chi connectivity index (χ1) is 17.8. The van der Waals surface area contributed by atoms with E-state index < -0.39 is 17.6 Å². The van der Waals surface area contributed by atoms with Gasteiger partial charge in [0.15, 0.2) is 11.5 Å². The smallest absolute Gasteiger partial charge is 0.245 e. The minimum absolute atomic E-state index is 0.00453. The van der Waals surface area contributed by atoms with Crippen LogP contribution in [0.5, 0.6) is 11.5 Å². The number of hydrogen-bond acceptors (Lipinski definition) is 6. The normalized spacial score (nSPS) is 14.6. The Kier molecular flexibility index (Phi) is 9.44. The van der Waals surface area contributed by atoms with E-state index in [9.17, 15) is 9.59 Å². The van der Waals surface area contributed by atoms with Gasteiger partial charge in [0.1, 0.15) is 6.04 Å².